The van der Waals surface area contributed by atoms with E-state index in [2.05, 4.69) is 15.3 Å². The molecule has 11 heteroatoms. The molecule has 1 aromatic heterocycles. The summed E-state index contributed by atoms with van der Waals surface area (Å²) in [6.45, 7) is 4.22. The summed E-state index contributed by atoms with van der Waals surface area (Å²) in [7, 11) is 1.47. The largest absolute Gasteiger partial charge is 0.458 e. The second-order valence-electron chi connectivity index (χ2n) is 8.56. The van der Waals surface area contributed by atoms with Gasteiger partial charge in [0.25, 0.3) is 5.91 Å². The molecule has 0 radical (unpaired) electrons. The highest BCUT2D eigenvalue weighted by molar-refractivity contribution is 5.83. The zero-order chi connectivity index (χ0) is 26.5. The van der Waals surface area contributed by atoms with Crippen LogP contribution in [0.25, 0.3) is 0 Å². The topological polar surface area (TPSA) is 140 Å². The number of likely N-dealkylation sites (N-methyl/N-ethyl adjacent to an activating group) is 1. The van der Waals surface area contributed by atoms with E-state index < -0.39 is 17.4 Å². The van der Waals surface area contributed by atoms with Gasteiger partial charge in [-0.1, -0.05) is 29.8 Å². The van der Waals surface area contributed by atoms with Crippen molar-refractivity contribution < 1.29 is 9.53 Å². The van der Waals surface area contributed by atoms with Gasteiger partial charge in [0.05, 0.1) is 12.2 Å². The van der Waals surface area contributed by atoms with Gasteiger partial charge in [0, 0.05) is 19.8 Å². The van der Waals surface area contributed by atoms with E-state index in [9.17, 15) is 14.4 Å². The van der Waals surface area contributed by atoms with Crippen LogP contribution in [0, 0.1) is 6.92 Å². The van der Waals surface area contributed by atoms with Crippen molar-refractivity contribution in [1.29, 1.82) is 0 Å². The molecule has 1 aliphatic rings. The van der Waals surface area contributed by atoms with Gasteiger partial charge in [-0.3, -0.25) is 19.4 Å². The van der Waals surface area contributed by atoms with Crippen molar-refractivity contribution >= 4 is 11.6 Å². The van der Waals surface area contributed by atoms with E-state index >= 15 is 0 Å². The monoisotopic (exact) mass is 503 g/mol. The van der Waals surface area contributed by atoms with Crippen LogP contribution in [0.5, 0.6) is 5.75 Å². The summed E-state index contributed by atoms with van der Waals surface area (Å²) in [5.41, 5.74) is 1.71. The Morgan fingerprint density at radius 1 is 1.11 bits per heavy atom. The Kier molecular flexibility index (Phi) is 7.54. The number of aryl methyl sites for hydroxylation is 1. The molecule has 0 bridgehead atoms. The van der Waals surface area contributed by atoms with Crippen LogP contribution in [-0.4, -0.2) is 38.1 Å². The number of aromatic nitrogens is 3. The lowest BCUT2D eigenvalue weighted by atomic mass is 10.1. The second-order valence-corrected chi connectivity index (χ2v) is 8.56. The van der Waals surface area contributed by atoms with E-state index in [1.165, 1.54) is 11.6 Å². The number of rotatable bonds is 7. The smallest absolute Gasteiger partial charge is 0.335 e. The minimum Gasteiger partial charge on any atom is -0.458 e. The molecule has 1 unspecified atom stereocenters. The normalized spacial score (nSPS) is 15.2. The standard InChI is InChI=1S/C26H29N7O4/c1-4-32-25(35)30-24(33(26(32)36)16-18-7-5-17(2)6-8-18)29-19-9-11-20(12-10-19)37-21-13-14-28-22(15-21)23(34)31(3)27/h5-15,22,28H,4,16,27H2,1-3H3,(H,29,30,35). The number of carbonyl (C=O) groups excluding carboxylic acids is 1. The molecule has 192 valence electrons. The van der Waals surface area contributed by atoms with Gasteiger partial charge in [-0.2, -0.15) is 0 Å². The molecule has 0 saturated heterocycles. The molecule has 4 N–H and O–H groups in total. The summed E-state index contributed by atoms with van der Waals surface area (Å²) >= 11 is 0. The number of amides is 1. The molecule has 0 saturated carbocycles. The maximum atomic E-state index is 13.1. The number of allylic oxidation sites excluding steroid dienone is 1. The van der Waals surface area contributed by atoms with Gasteiger partial charge in [-0.15, -0.1) is 0 Å². The Hall–Kier alpha value is -4.64. The maximum absolute atomic E-state index is 13.1. The minimum absolute atomic E-state index is 0.144. The van der Waals surface area contributed by atoms with Gasteiger partial charge in [0.1, 0.15) is 17.6 Å². The number of nitrogens with two attached hydrogens (primary N) is 1. The predicted octanol–water partition coefficient (Wildman–Crippen LogP) is 1.03. The van der Waals surface area contributed by atoms with E-state index in [1.54, 1.807) is 49.5 Å². The number of hydrogen-bond acceptors (Lipinski definition) is 7. The molecule has 0 spiro atoms. The first kappa shape index (κ1) is 25.5. The summed E-state index contributed by atoms with van der Waals surface area (Å²) in [6, 6.07) is 14.0. The number of dihydropyridines is 1. The van der Waals surface area contributed by atoms with Gasteiger partial charge in [-0.05, 0) is 55.8 Å². The fourth-order valence-corrected chi connectivity index (χ4v) is 3.72. The van der Waals surface area contributed by atoms with Gasteiger partial charge < -0.3 is 10.1 Å². The summed E-state index contributed by atoms with van der Waals surface area (Å²) < 4.78 is 8.44. The number of benzene rings is 2. The van der Waals surface area contributed by atoms with Crippen molar-refractivity contribution in [3.8, 4) is 5.75 Å². The highest BCUT2D eigenvalue weighted by Gasteiger charge is 2.20. The van der Waals surface area contributed by atoms with Crippen molar-refractivity contribution in [2.45, 2.75) is 33.0 Å². The average molecular weight is 504 g/mol. The summed E-state index contributed by atoms with van der Waals surface area (Å²) in [5, 5.41) is 3.92. The molecule has 3 aromatic rings. The third-order valence-electron chi connectivity index (χ3n) is 5.73. The van der Waals surface area contributed by atoms with E-state index in [-0.39, 0.29) is 24.6 Å². The molecule has 37 heavy (non-hydrogen) atoms. The molecule has 0 fully saturated rings. The van der Waals surface area contributed by atoms with Crippen molar-refractivity contribution in [3.05, 3.63) is 110 Å². The van der Waals surface area contributed by atoms with Crippen LogP contribution in [0.3, 0.4) is 0 Å². The molecule has 0 aliphatic carbocycles. The molecular formula is C26H29N7O4. The van der Waals surface area contributed by atoms with Gasteiger partial charge in [0.15, 0.2) is 0 Å². The maximum Gasteiger partial charge on any atom is 0.335 e. The van der Waals surface area contributed by atoms with Crippen molar-refractivity contribution in [2.75, 3.05) is 7.05 Å². The minimum atomic E-state index is -0.629. The van der Waals surface area contributed by atoms with Crippen LogP contribution in [-0.2, 0) is 17.9 Å². The quantitative estimate of drug-likeness (QED) is 0.250. The third-order valence-corrected chi connectivity index (χ3v) is 5.73. The number of hydrazine groups is 1. The second kappa shape index (κ2) is 11.0. The van der Waals surface area contributed by atoms with Crippen LogP contribution in [0.2, 0.25) is 0 Å². The Morgan fingerprint density at radius 3 is 2.46 bits per heavy atom. The predicted molar refractivity (Wildman–Crippen MR) is 139 cm³/mol. The number of nitrogens with zero attached hydrogens (tertiary/aromatic N) is 4. The van der Waals surface area contributed by atoms with E-state index in [4.69, 9.17) is 10.6 Å². The number of carbonyl (C=O) groups is 1. The SMILES string of the molecule is CCn1c(=O)[nH]/c(=N\c2ccc(OC3=CC(C(=O)N(C)N)NC=C3)cc2)n(Cc2ccc(C)cc2)c1=O. The van der Waals surface area contributed by atoms with Crippen LogP contribution in [0.1, 0.15) is 18.1 Å². The Bertz CT molecular complexity index is 1530. The van der Waals surface area contributed by atoms with Crippen LogP contribution < -0.4 is 32.9 Å². The molecule has 4 rings (SSSR count). The number of ether oxygens (including phenoxy) is 1. The molecule has 2 aromatic carbocycles. The van der Waals surface area contributed by atoms with E-state index in [0.717, 1.165) is 20.7 Å². The van der Waals surface area contributed by atoms with Crippen LogP contribution in [0.15, 0.2) is 87.2 Å². The summed E-state index contributed by atoms with van der Waals surface area (Å²) in [4.78, 5) is 44.9. The lowest BCUT2D eigenvalue weighted by Crippen LogP contribution is -2.49. The molecule has 1 amide bonds. The zero-order valence-corrected chi connectivity index (χ0v) is 20.8. The Labute approximate surface area is 212 Å². The van der Waals surface area contributed by atoms with Crippen molar-refractivity contribution in [3.63, 3.8) is 0 Å². The van der Waals surface area contributed by atoms with Gasteiger partial charge >= 0.3 is 11.4 Å². The third kappa shape index (κ3) is 5.96. The van der Waals surface area contributed by atoms with E-state index in [1.807, 2.05) is 31.2 Å². The molecule has 2 heterocycles. The summed E-state index contributed by atoms with van der Waals surface area (Å²) in [5.74, 6) is 6.22. The first-order chi connectivity index (χ1) is 17.7. The average Bonchev–Trinajstić information content (AvgIpc) is 2.88. The lowest BCUT2D eigenvalue weighted by molar-refractivity contribution is -0.131. The number of aromatic amines is 1. The molecular weight excluding hydrogens is 474 g/mol. The molecule has 1 atom stereocenters. The van der Waals surface area contributed by atoms with Crippen molar-refractivity contribution in [2.24, 2.45) is 10.8 Å². The van der Waals surface area contributed by atoms with Gasteiger partial charge in [-0.25, -0.2) is 25.0 Å². The molecule has 11 nitrogen and oxygen atoms in total. The number of H-pyrrole nitrogens is 1. The van der Waals surface area contributed by atoms with Crippen LogP contribution >= 0.6 is 0 Å². The number of hydrogen-bond donors (Lipinski definition) is 3. The highest BCUT2D eigenvalue weighted by Crippen LogP contribution is 2.21. The zero-order valence-electron chi connectivity index (χ0n) is 20.8. The first-order valence-electron chi connectivity index (χ1n) is 11.7. The molecule has 1 aliphatic heterocycles. The van der Waals surface area contributed by atoms with Gasteiger partial charge in [0.2, 0.25) is 5.62 Å². The summed E-state index contributed by atoms with van der Waals surface area (Å²) in [6.07, 6.45) is 4.94. The fourth-order valence-electron chi connectivity index (χ4n) is 3.72. The Balaban J connectivity index is 1.63. The Morgan fingerprint density at radius 2 is 1.81 bits per heavy atom. The first-order valence-corrected chi connectivity index (χ1v) is 11.7. The van der Waals surface area contributed by atoms with E-state index in [0.29, 0.717) is 17.2 Å². The number of nitrogens with one attached hydrogen (secondary N) is 2. The van der Waals surface area contributed by atoms with Crippen LogP contribution in [0.4, 0.5) is 5.69 Å². The van der Waals surface area contributed by atoms with Crippen molar-refractivity contribution in [1.82, 2.24) is 24.4 Å². The lowest BCUT2D eigenvalue weighted by Gasteiger charge is -2.21. The highest BCUT2D eigenvalue weighted by atomic mass is 16.5. The fraction of sp³-hybridized carbons (Fsp3) is 0.231.